The van der Waals surface area contributed by atoms with Crippen LogP contribution in [0.4, 0.5) is 0 Å². The number of hydrogen-bond acceptors (Lipinski definition) is 3. The van der Waals surface area contributed by atoms with E-state index in [1.54, 1.807) is 0 Å². The highest BCUT2D eigenvalue weighted by atomic mass is 16.5. The fourth-order valence-corrected chi connectivity index (χ4v) is 3.33. The van der Waals surface area contributed by atoms with Gasteiger partial charge >= 0.3 is 0 Å². The van der Waals surface area contributed by atoms with Gasteiger partial charge in [0.15, 0.2) is 5.60 Å². The highest BCUT2D eigenvalue weighted by molar-refractivity contribution is 5.38. The van der Waals surface area contributed by atoms with Gasteiger partial charge in [0.1, 0.15) is 6.07 Å². The van der Waals surface area contributed by atoms with E-state index in [1.165, 1.54) is 5.56 Å². The van der Waals surface area contributed by atoms with Crippen molar-refractivity contribution in [2.24, 2.45) is 5.92 Å². The lowest BCUT2D eigenvalue weighted by molar-refractivity contribution is -0.0341. The Morgan fingerprint density at radius 2 is 2.05 bits per heavy atom. The van der Waals surface area contributed by atoms with Crippen LogP contribution in [0.25, 0.3) is 0 Å². The van der Waals surface area contributed by atoms with Gasteiger partial charge in [-0.05, 0) is 37.4 Å². The highest BCUT2D eigenvalue weighted by Crippen LogP contribution is 2.37. The third-order valence-corrected chi connectivity index (χ3v) is 4.45. The van der Waals surface area contributed by atoms with Crippen molar-refractivity contribution >= 4 is 0 Å². The maximum atomic E-state index is 9.80. The Morgan fingerprint density at radius 3 is 2.71 bits per heavy atom. The highest BCUT2D eigenvalue weighted by Gasteiger charge is 2.39. The summed E-state index contributed by atoms with van der Waals surface area (Å²) < 4.78 is 5.98. The van der Waals surface area contributed by atoms with Gasteiger partial charge in [-0.15, -0.1) is 0 Å². The van der Waals surface area contributed by atoms with Gasteiger partial charge in [-0.2, -0.15) is 5.26 Å². The number of nitrogens with zero attached hydrogens (tertiary/aromatic N) is 2. The standard InChI is InChI=1S/C18H26N2O/c1-4-20(5-2)13-15(3)12-18(14-19)17-9-7-6-8-16(17)10-11-21-18/h6-9,15H,4-5,10-13H2,1-3H3/t15-,18-/m1/s1. The summed E-state index contributed by atoms with van der Waals surface area (Å²) in [5.74, 6) is 0.427. The predicted molar refractivity (Wildman–Crippen MR) is 85.0 cm³/mol. The van der Waals surface area contributed by atoms with E-state index < -0.39 is 5.60 Å². The summed E-state index contributed by atoms with van der Waals surface area (Å²) >= 11 is 0. The summed E-state index contributed by atoms with van der Waals surface area (Å²) in [5.41, 5.74) is 1.58. The first-order valence-electron chi connectivity index (χ1n) is 8.01. The molecule has 2 atom stereocenters. The molecule has 0 aromatic heterocycles. The molecule has 3 heteroatoms. The molecular formula is C18H26N2O. The smallest absolute Gasteiger partial charge is 0.180 e. The second kappa shape index (κ2) is 7.06. The second-order valence-electron chi connectivity index (χ2n) is 5.99. The Morgan fingerprint density at radius 1 is 1.33 bits per heavy atom. The van der Waals surface area contributed by atoms with Gasteiger partial charge in [0.2, 0.25) is 0 Å². The van der Waals surface area contributed by atoms with E-state index in [0.717, 1.165) is 38.0 Å². The lowest BCUT2D eigenvalue weighted by Gasteiger charge is -2.36. The minimum atomic E-state index is -0.762. The van der Waals surface area contributed by atoms with Crippen molar-refractivity contribution in [3.63, 3.8) is 0 Å². The van der Waals surface area contributed by atoms with Gasteiger partial charge in [-0.1, -0.05) is 45.0 Å². The molecule has 0 unspecified atom stereocenters. The van der Waals surface area contributed by atoms with E-state index in [1.807, 2.05) is 12.1 Å². The van der Waals surface area contributed by atoms with Gasteiger partial charge in [0.25, 0.3) is 0 Å². The van der Waals surface area contributed by atoms with Crippen molar-refractivity contribution in [2.45, 2.75) is 39.2 Å². The number of rotatable bonds is 6. The fourth-order valence-electron chi connectivity index (χ4n) is 3.33. The average Bonchev–Trinajstić information content (AvgIpc) is 2.52. The van der Waals surface area contributed by atoms with Crippen molar-refractivity contribution in [2.75, 3.05) is 26.2 Å². The minimum Gasteiger partial charge on any atom is -0.356 e. The van der Waals surface area contributed by atoms with Crippen LogP contribution in [0.1, 0.15) is 38.3 Å². The molecule has 0 fully saturated rings. The van der Waals surface area contributed by atoms with Crippen LogP contribution >= 0.6 is 0 Å². The lowest BCUT2D eigenvalue weighted by atomic mass is 9.81. The zero-order chi connectivity index (χ0) is 15.3. The van der Waals surface area contributed by atoms with Crippen LogP contribution in [0, 0.1) is 17.2 Å². The van der Waals surface area contributed by atoms with Gasteiger partial charge < -0.3 is 9.64 Å². The molecule has 1 aliphatic rings. The number of ether oxygens (including phenoxy) is 1. The molecule has 1 aliphatic heterocycles. The van der Waals surface area contributed by atoms with Gasteiger partial charge in [0, 0.05) is 12.1 Å². The summed E-state index contributed by atoms with van der Waals surface area (Å²) in [6.07, 6.45) is 1.67. The van der Waals surface area contributed by atoms with Crippen LogP contribution in [0.15, 0.2) is 24.3 Å². The van der Waals surface area contributed by atoms with Crippen molar-refractivity contribution < 1.29 is 4.74 Å². The average molecular weight is 286 g/mol. The van der Waals surface area contributed by atoms with Crippen LogP contribution in [0.5, 0.6) is 0 Å². The largest absolute Gasteiger partial charge is 0.356 e. The summed E-state index contributed by atoms with van der Waals surface area (Å²) in [6.45, 7) is 10.4. The van der Waals surface area contributed by atoms with Crippen LogP contribution in [-0.2, 0) is 16.8 Å². The Labute approximate surface area is 128 Å². The molecule has 0 aliphatic carbocycles. The van der Waals surface area contributed by atoms with E-state index in [-0.39, 0.29) is 0 Å². The minimum absolute atomic E-state index is 0.427. The Kier molecular flexibility index (Phi) is 5.39. The van der Waals surface area contributed by atoms with Crippen molar-refractivity contribution in [1.82, 2.24) is 4.90 Å². The lowest BCUT2D eigenvalue weighted by Crippen LogP contribution is -2.38. The molecule has 1 aromatic carbocycles. The molecule has 2 rings (SSSR count). The van der Waals surface area contributed by atoms with E-state index >= 15 is 0 Å². The Balaban J connectivity index is 2.18. The van der Waals surface area contributed by atoms with E-state index in [0.29, 0.717) is 12.5 Å². The topological polar surface area (TPSA) is 36.3 Å². The number of benzene rings is 1. The zero-order valence-electron chi connectivity index (χ0n) is 13.4. The maximum absolute atomic E-state index is 9.80. The van der Waals surface area contributed by atoms with Gasteiger partial charge in [-0.25, -0.2) is 0 Å². The quantitative estimate of drug-likeness (QED) is 0.804. The third-order valence-electron chi connectivity index (χ3n) is 4.45. The zero-order valence-corrected chi connectivity index (χ0v) is 13.4. The van der Waals surface area contributed by atoms with Crippen molar-refractivity contribution in [1.29, 1.82) is 5.26 Å². The molecule has 1 aromatic rings. The molecule has 0 N–H and O–H groups in total. The maximum Gasteiger partial charge on any atom is 0.180 e. The Hall–Kier alpha value is -1.37. The van der Waals surface area contributed by atoms with Gasteiger partial charge in [0.05, 0.1) is 6.61 Å². The van der Waals surface area contributed by atoms with E-state index in [2.05, 4.69) is 43.9 Å². The first-order chi connectivity index (χ1) is 10.1. The predicted octanol–water partition coefficient (Wildman–Crippen LogP) is 3.35. The first kappa shape index (κ1) is 16.0. The molecular weight excluding hydrogens is 260 g/mol. The first-order valence-corrected chi connectivity index (χ1v) is 8.01. The fraction of sp³-hybridized carbons (Fsp3) is 0.611. The molecule has 1 heterocycles. The third kappa shape index (κ3) is 3.45. The van der Waals surface area contributed by atoms with E-state index in [9.17, 15) is 5.26 Å². The molecule has 0 amide bonds. The van der Waals surface area contributed by atoms with Crippen LogP contribution in [0.3, 0.4) is 0 Å². The molecule has 0 saturated heterocycles. The van der Waals surface area contributed by atoms with Crippen molar-refractivity contribution in [3.8, 4) is 6.07 Å². The number of hydrogen-bond donors (Lipinski definition) is 0. The van der Waals surface area contributed by atoms with E-state index in [4.69, 9.17) is 4.74 Å². The molecule has 0 radical (unpaired) electrons. The normalized spacial score (nSPS) is 22.6. The summed E-state index contributed by atoms with van der Waals surface area (Å²) in [6, 6.07) is 10.7. The van der Waals surface area contributed by atoms with Gasteiger partial charge in [-0.3, -0.25) is 0 Å². The van der Waals surface area contributed by atoms with Crippen LogP contribution in [0.2, 0.25) is 0 Å². The molecule has 114 valence electrons. The molecule has 0 spiro atoms. The number of fused-ring (bicyclic) bond motifs is 1. The number of nitriles is 1. The van der Waals surface area contributed by atoms with Crippen molar-refractivity contribution in [3.05, 3.63) is 35.4 Å². The molecule has 3 nitrogen and oxygen atoms in total. The Bertz CT molecular complexity index is 504. The summed E-state index contributed by atoms with van der Waals surface area (Å²) in [5, 5.41) is 9.80. The summed E-state index contributed by atoms with van der Waals surface area (Å²) in [7, 11) is 0. The second-order valence-corrected chi connectivity index (χ2v) is 5.99. The summed E-state index contributed by atoms with van der Waals surface area (Å²) in [4.78, 5) is 2.41. The SMILES string of the molecule is CCN(CC)C[C@H](C)C[C@]1(C#N)OCCc2ccccc21. The monoisotopic (exact) mass is 286 g/mol. The van der Waals surface area contributed by atoms with Crippen LogP contribution in [-0.4, -0.2) is 31.1 Å². The molecule has 0 bridgehead atoms. The molecule has 21 heavy (non-hydrogen) atoms. The molecule has 0 saturated carbocycles. The van der Waals surface area contributed by atoms with Crippen LogP contribution < -0.4 is 0 Å².